The normalized spacial score (nSPS) is 10.6. The summed E-state index contributed by atoms with van der Waals surface area (Å²) in [7, 11) is 1.46. The Hall–Kier alpha value is -3.16. The van der Waals surface area contributed by atoms with Crippen LogP contribution in [0.2, 0.25) is 0 Å². The van der Waals surface area contributed by atoms with Crippen molar-refractivity contribution in [2.24, 2.45) is 0 Å². The molecule has 2 N–H and O–H groups in total. The first kappa shape index (κ1) is 21.1. The predicted molar refractivity (Wildman–Crippen MR) is 98.1 cm³/mol. The monoisotopic (exact) mass is 393 g/mol. The molecule has 0 saturated carbocycles. The third kappa shape index (κ3) is 6.53. The molecule has 0 fully saturated rings. The number of hydrogen-bond donors (Lipinski definition) is 2. The Morgan fingerprint density at radius 1 is 1.11 bits per heavy atom. The van der Waals surface area contributed by atoms with Gasteiger partial charge in [0.05, 0.1) is 12.7 Å². The summed E-state index contributed by atoms with van der Waals surface area (Å²) in [4.78, 5) is 23.0. The lowest BCUT2D eigenvalue weighted by Gasteiger charge is -2.10. The van der Waals surface area contributed by atoms with Crippen LogP contribution in [0.4, 0.5) is 8.78 Å². The SMILES string of the molecule is COc1cc(C(=O)O)ccc1CCNC(=O)CCc1ccc(OC(F)F)cc1. The van der Waals surface area contributed by atoms with Gasteiger partial charge in [-0.3, -0.25) is 4.79 Å². The number of aryl methyl sites for hydroxylation is 1. The summed E-state index contributed by atoms with van der Waals surface area (Å²) < 4.78 is 33.7. The van der Waals surface area contributed by atoms with Crippen LogP contribution in [0.25, 0.3) is 0 Å². The summed E-state index contributed by atoms with van der Waals surface area (Å²) in [6.45, 7) is -2.49. The van der Waals surface area contributed by atoms with Gasteiger partial charge in [0.1, 0.15) is 11.5 Å². The van der Waals surface area contributed by atoms with Crippen molar-refractivity contribution >= 4 is 11.9 Å². The lowest BCUT2D eigenvalue weighted by molar-refractivity contribution is -0.121. The summed E-state index contributed by atoms with van der Waals surface area (Å²) in [5.74, 6) is -0.646. The Balaban J connectivity index is 1.78. The zero-order valence-corrected chi connectivity index (χ0v) is 15.3. The molecule has 0 saturated heterocycles. The van der Waals surface area contributed by atoms with Gasteiger partial charge in [-0.2, -0.15) is 8.78 Å². The van der Waals surface area contributed by atoms with Crippen molar-refractivity contribution in [3.63, 3.8) is 0 Å². The minimum Gasteiger partial charge on any atom is -0.496 e. The molecule has 0 aliphatic rings. The van der Waals surface area contributed by atoms with Crippen molar-refractivity contribution in [3.8, 4) is 11.5 Å². The Labute approximate surface area is 161 Å². The zero-order valence-electron chi connectivity index (χ0n) is 15.3. The van der Waals surface area contributed by atoms with Crippen LogP contribution in [0.15, 0.2) is 42.5 Å². The number of halogens is 2. The van der Waals surface area contributed by atoms with Gasteiger partial charge in [0.25, 0.3) is 0 Å². The molecular formula is C20H21F2NO5. The molecule has 0 bridgehead atoms. The van der Waals surface area contributed by atoms with Crippen LogP contribution in [0, 0.1) is 0 Å². The van der Waals surface area contributed by atoms with Gasteiger partial charge in [-0.05, 0) is 48.2 Å². The quantitative estimate of drug-likeness (QED) is 0.647. The maximum atomic E-state index is 12.1. The van der Waals surface area contributed by atoms with Crippen molar-refractivity contribution in [1.82, 2.24) is 5.32 Å². The van der Waals surface area contributed by atoms with Crippen molar-refractivity contribution in [1.29, 1.82) is 0 Å². The van der Waals surface area contributed by atoms with E-state index in [0.717, 1.165) is 11.1 Å². The fourth-order valence-corrected chi connectivity index (χ4v) is 2.60. The van der Waals surface area contributed by atoms with E-state index in [1.807, 2.05) is 0 Å². The van der Waals surface area contributed by atoms with Gasteiger partial charge in [-0.25, -0.2) is 4.79 Å². The fraction of sp³-hybridized carbons (Fsp3) is 0.300. The maximum absolute atomic E-state index is 12.1. The standard InChI is InChI=1S/C20H21F2NO5/c1-27-17-12-15(19(25)26)6-5-14(17)10-11-23-18(24)9-4-13-2-7-16(8-3-13)28-20(21)22/h2-3,5-8,12,20H,4,9-11H2,1H3,(H,23,24)(H,25,26). The smallest absolute Gasteiger partial charge is 0.387 e. The molecule has 0 radical (unpaired) electrons. The number of carboxylic acids is 1. The van der Waals surface area contributed by atoms with E-state index in [1.54, 1.807) is 18.2 Å². The van der Waals surface area contributed by atoms with Crippen molar-refractivity contribution in [2.75, 3.05) is 13.7 Å². The number of hydrogen-bond acceptors (Lipinski definition) is 4. The van der Waals surface area contributed by atoms with Gasteiger partial charge in [-0.15, -0.1) is 0 Å². The Morgan fingerprint density at radius 3 is 2.43 bits per heavy atom. The van der Waals surface area contributed by atoms with Gasteiger partial charge >= 0.3 is 12.6 Å². The number of amides is 1. The molecule has 0 spiro atoms. The Kier molecular flexibility index (Phi) is 7.74. The fourth-order valence-electron chi connectivity index (χ4n) is 2.60. The van der Waals surface area contributed by atoms with Gasteiger partial charge < -0.3 is 19.9 Å². The molecule has 28 heavy (non-hydrogen) atoms. The average Bonchev–Trinajstić information content (AvgIpc) is 2.67. The highest BCUT2D eigenvalue weighted by molar-refractivity contribution is 5.88. The van der Waals surface area contributed by atoms with Crippen LogP contribution in [0.5, 0.6) is 11.5 Å². The molecule has 0 atom stereocenters. The lowest BCUT2D eigenvalue weighted by atomic mass is 10.1. The molecule has 2 rings (SSSR count). The van der Waals surface area contributed by atoms with Crippen LogP contribution >= 0.6 is 0 Å². The molecule has 8 heteroatoms. The summed E-state index contributed by atoms with van der Waals surface area (Å²) in [6, 6.07) is 10.8. The summed E-state index contributed by atoms with van der Waals surface area (Å²) >= 11 is 0. The zero-order chi connectivity index (χ0) is 20.5. The van der Waals surface area contributed by atoms with Gasteiger partial charge in [0, 0.05) is 13.0 Å². The number of carbonyl (C=O) groups is 2. The highest BCUT2D eigenvalue weighted by atomic mass is 19.3. The molecule has 2 aromatic carbocycles. The first-order chi connectivity index (χ1) is 13.4. The number of methoxy groups -OCH3 is 1. The number of carbonyl (C=O) groups excluding carboxylic acids is 1. The number of ether oxygens (including phenoxy) is 2. The number of aromatic carboxylic acids is 1. The molecule has 0 aliphatic heterocycles. The van der Waals surface area contributed by atoms with Crippen LogP contribution in [0.1, 0.15) is 27.9 Å². The molecule has 6 nitrogen and oxygen atoms in total. The lowest BCUT2D eigenvalue weighted by Crippen LogP contribution is -2.26. The summed E-state index contributed by atoms with van der Waals surface area (Å²) in [6.07, 6.45) is 1.22. The van der Waals surface area contributed by atoms with Crippen LogP contribution in [0.3, 0.4) is 0 Å². The highest BCUT2D eigenvalue weighted by Gasteiger charge is 2.10. The molecule has 0 unspecified atom stereocenters. The van der Waals surface area contributed by atoms with Gasteiger partial charge in [0.15, 0.2) is 0 Å². The minimum atomic E-state index is -2.87. The number of benzene rings is 2. The molecule has 0 aromatic heterocycles. The van der Waals surface area contributed by atoms with Crippen molar-refractivity contribution in [3.05, 3.63) is 59.2 Å². The van der Waals surface area contributed by atoms with E-state index in [9.17, 15) is 18.4 Å². The molecule has 0 heterocycles. The molecule has 1 amide bonds. The van der Waals surface area contributed by atoms with Gasteiger partial charge in [0.2, 0.25) is 5.91 Å². The second kappa shape index (κ2) is 10.2. The van der Waals surface area contributed by atoms with E-state index >= 15 is 0 Å². The molecule has 150 valence electrons. The molecule has 2 aromatic rings. The van der Waals surface area contributed by atoms with Crippen LogP contribution < -0.4 is 14.8 Å². The number of carboxylic acid groups (broad SMARTS) is 1. The minimum absolute atomic E-state index is 0.0751. The molecule has 0 aliphatic carbocycles. The topological polar surface area (TPSA) is 84.9 Å². The maximum Gasteiger partial charge on any atom is 0.387 e. The summed E-state index contributed by atoms with van der Waals surface area (Å²) in [5, 5.41) is 11.8. The number of nitrogens with one attached hydrogen (secondary N) is 1. The Bertz CT molecular complexity index is 809. The Morgan fingerprint density at radius 2 is 1.82 bits per heavy atom. The first-order valence-electron chi connectivity index (χ1n) is 8.59. The van der Waals surface area contributed by atoms with Crippen molar-refractivity contribution in [2.45, 2.75) is 25.9 Å². The predicted octanol–water partition coefficient (Wildman–Crippen LogP) is 3.29. The largest absolute Gasteiger partial charge is 0.496 e. The van der Waals surface area contributed by atoms with Crippen molar-refractivity contribution < 1.29 is 33.0 Å². The molecular weight excluding hydrogens is 372 g/mol. The average molecular weight is 393 g/mol. The van der Waals surface area contributed by atoms with Crippen LogP contribution in [-0.2, 0) is 17.6 Å². The van der Waals surface area contributed by atoms with E-state index in [0.29, 0.717) is 25.1 Å². The highest BCUT2D eigenvalue weighted by Crippen LogP contribution is 2.21. The van der Waals surface area contributed by atoms with E-state index in [1.165, 1.54) is 31.4 Å². The van der Waals surface area contributed by atoms with E-state index in [2.05, 4.69) is 10.1 Å². The number of rotatable bonds is 10. The van der Waals surface area contributed by atoms with Gasteiger partial charge in [-0.1, -0.05) is 18.2 Å². The third-order valence-electron chi connectivity index (χ3n) is 4.04. The van der Waals surface area contributed by atoms with E-state index in [-0.39, 0.29) is 23.6 Å². The van der Waals surface area contributed by atoms with Crippen LogP contribution in [-0.4, -0.2) is 37.2 Å². The number of alkyl halides is 2. The van der Waals surface area contributed by atoms with E-state index < -0.39 is 12.6 Å². The second-order valence-electron chi connectivity index (χ2n) is 5.95. The second-order valence-corrected chi connectivity index (χ2v) is 5.95. The third-order valence-corrected chi connectivity index (χ3v) is 4.04. The first-order valence-corrected chi connectivity index (χ1v) is 8.59. The summed E-state index contributed by atoms with van der Waals surface area (Å²) in [5.41, 5.74) is 1.76. The van der Waals surface area contributed by atoms with E-state index in [4.69, 9.17) is 9.84 Å².